The molecule has 0 bridgehead atoms. The predicted molar refractivity (Wildman–Crippen MR) is 134 cm³/mol. The van der Waals surface area contributed by atoms with Gasteiger partial charge >= 0.3 is 0 Å². The summed E-state index contributed by atoms with van der Waals surface area (Å²) in [4.78, 5) is 21.7. The van der Waals surface area contributed by atoms with Crippen molar-refractivity contribution in [1.29, 1.82) is 5.41 Å². The van der Waals surface area contributed by atoms with Gasteiger partial charge in [0.2, 0.25) is 5.82 Å². The summed E-state index contributed by atoms with van der Waals surface area (Å²) < 4.78 is 5.07. The van der Waals surface area contributed by atoms with Gasteiger partial charge in [-0.05, 0) is 45.7 Å². The molecule has 0 unspecified atom stereocenters. The average Bonchev–Trinajstić information content (AvgIpc) is 2.69. The molecular weight excluding hydrogens is 451 g/mol. The van der Waals surface area contributed by atoms with E-state index in [9.17, 15) is 4.79 Å². The van der Waals surface area contributed by atoms with Crippen molar-refractivity contribution in [2.75, 3.05) is 19.0 Å². The molecule has 178 valence electrons. The summed E-state index contributed by atoms with van der Waals surface area (Å²) in [7, 11) is 1.59. The highest BCUT2D eigenvalue weighted by Gasteiger charge is 2.27. The van der Waals surface area contributed by atoms with Gasteiger partial charge in [0, 0.05) is 30.6 Å². The monoisotopic (exact) mass is 484 g/mol. The largest absolute Gasteiger partial charge is 0.377 e. The summed E-state index contributed by atoms with van der Waals surface area (Å²) in [6.07, 6.45) is 4.15. The molecule has 0 aliphatic heterocycles. The van der Waals surface area contributed by atoms with Crippen LogP contribution in [0.3, 0.4) is 0 Å². The number of nitrogens with one attached hydrogen (secondary N) is 4. The Bertz CT molecular complexity index is 925. The molecule has 1 aliphatic rings. The Kier molecular flexibility index (Phi) is 11.1. The van der Waals surface area contributed by atoms with Gasteiger partial charge in [0.15, 0.2) is 0 Å². The molecule has 1 aromatic heterocycles. The van der Waals surface area contributed by atoms with Crippen LogP contribution in [-0.2, 0) is 4.74 Å². The van der Waals surface area contributed by atoms with Crippen molar-refractivity contribution in [1.82, 2.24) is 20.6 Å². The van der Waals surface area contributed by atoms with Crippen LogP contribution in [0, 0.1) is 12.3 Å². The average molecular weight is 485 g/mol. The number of aromatic nitrogens is 2. The van der Waals surface area contributed by atoms with Gasteiger partial charge in [-0.2, -0.15) is 0 Å². The zero-order valence-corrected chi connectivity index (χ0v) is 20.7. The maximum atomic E-state index is 12.6. The van der Waals surface area contributed by atoms with Crippen molar-refractivity contribution < 1.29 is 9.53 Å². The quantitative estimate of drug-likeness (QED) is 0.350. The third-order valence-electron chi connectivity index (χ3n) is 5.21. The lowest BCUT2D eigenvalue weighted by Crippen LogP contribution is -2.49. The first kappa shape index (κ1) is 27.9. The fourth-order valence-corrected chi connectivity index (χ4v) is 3.84. The molecule has 1 amide bonds. The summed E-state index contributed by atoms with van der Waals surface area (Å²) in [6, 6.07) is 6.15. The molecule has 2 atom stereocenters. The lowest BCUT2D eigenvalue weighted by Gasteiger charge is -2.34. The van der Waals surface area contributed by atoms with Gasteiger partial charge in [-0.15, -0.1) is 24.8 Å². The molecule has 8 nitrogen and oxygen atoms in total. The lowest BCUT2D eigenvalue weighted by atomic mass is 9.90. The highest BCUT2D eigenvalue weighted by atomic mass is 35.5. The summed E-state index contributed by atoms with van der Waals surface area (Å²) in [5, 5.41) is 18.7. The minimum absolute atomic E-state index is 0. The number of halogens is 2. The molecule has 32 heavy (non-hydrogen) atoms. The van der Waals surface area contributed by atoms with Crippen LogP contribution >= 0.6 is 24.8 Å². The number of carbonyl (C=O) groups is 1. The van der Waals surface area contributed by atoms with Gasteiger partial charge in [0.05, 0.1) is 5.52 Å². The Labute approximate surface area is 202 Å². The van der Waals surface area contributed by atoms with Crippen LogP contribution < -0.4 is 16.0 Å². The van der Waals surface area contributed by atoms with Crippen molar-refractivity contribution in [2.24, 2.45) is 0 Å². The first-order valence-electron chi connectivity index (χ1n) is 10.6. The molecule has 2 aromatic rings. The normalized spacial score (nSPS) is 17.8. The van der Waals surface area contributed by atoms with Gasteiger partial charge in [-0.25, -0.2) is 9.97 Å². The molecule has 1 aromatic carbocycles. The van der Waals surface area contributed by atoms with Crippen LogP contribution in [0.4, 0.5) is 5.82 Å². The van der Waals surface area contributed by atoms with E-state index in [1.165, 1.54) is 0 Å². The van der Waals surface area contributed by atoms with Crippen LogP contribution in [0.2, 0.25) is 0 Å². The number of nitrogens with zero attached hydrogens (tertiary/aromatic N) is 2. The number of hydrogen-bond donors (Lipinski definition) is 4. The van der Waals surface area contributed by atoms with Crippen LogP contribution in [0.5, 0.6) is 0 Å². The number of carbonyl (C=O) groups excluding carboxylic acids is 1. The SMILES string of the molecule is COCC(=N)N[C@@H]1CCCC[C@@H]1Nc1nc(C(=O)NC(C)C)nc2ccc(C)cc12.Cl.Cl. The number of ether oxygens (including phenoxy) is 1. The number of benzene rings is 1. The second-order valence-electron chi connectivity index (χ2n) is 8.24. The van der Waals surface area contributed by atoms with Gasteiger partial charge < -0.3 is 20.7 Å². The van der Waals surface area contributed by atoms with E-state index in [2.05, 4.69) is 25.9 Å². The standard InChI is InChI=1S/C22H32N6O2.2ClH/c1-13(2)24-22(29)21-26-16-10-9-14(3)11-15(16)20(28-21)27-18-8-6-5-7-17(18)25-19(23)12-30-4;;/h9-11,13,17-18H,5-8,12H2,1-4H3,(H2,23,25)(H,24,29)(H,26,27,28);2*1H/t17-,18+;;/m1../s1. The smallest absolute Gasteiger partial charge is 0.289 e. The number of rotatable bonds is 7. The molecule has 4 N–H and O–H groups in total. The third-order valence-corrected chi connectivity index (χ3v) is 5.21. The second kappa shape index (κ2) is 12.8. The molecule has 0 radical (unpaired) electrons. The lowest BCUT2D eigenvalue weighted by molar-refractivity contribution is 0.0933. The van der Waals surface area contributed by atoms with Crippen molar-refractivity contribution in [3.8, 4) is 0 Å². The topological polar surface area (TPSA) is 112 Å². The van der Waals surface area contributed by atoms with E-state index in [0.29, 0.717) is 11.7 Å². The summed E-state index contributed by atoms with van der Waals surface area (Å²) >= 11 is 0. The molecule has 0 spiro atoms. The molecule has 10 heteroatoms. The van der Waals surface area contributed by atoms with Crippen molar-refractivity contribution in [3.63, 3.8) is 0 Å². The Balaban J connectivity index is 0.00000256. The van der Waals surface area contributed by atoms with E-state index in [0.717, 1.165) is 42.1 Å². The minimum atomic E-state index is -0.282. The Morgan fingerprint density at radius 2 is 1.88 bits per heavy atom. The summed E-state index contributed by atoms with van der Waals surface area (Å²) in [5.74, 6) is 0.914. The highest BCUT2D eigenvalue weighted by Crippen LogP contribution is 2.27. The Morgan fingerprint density at radius 1 is 1.19 bits per heavy atom. The minimum Gasteiger partial charge on any atom is -0.377 e. The Morgan fingerprint density at radius 3 is 2.53 bits per heavy atom. The maximum Gasteiger partial charge on any atom is 0.289 e. The third kappa shape index (κ3) is 7.18. The van der Waals surface area contributed by atoms with E-state index in [4.69, 9.17) is 10.1 Å². The maximum absolute atomic E-state index is 12.6. The van der Waals surface area contributed by atoms with Crippen LogP contribution in [0.1, 0.15) is 55.7 Å². The zero-order chi connectivity index (χ0) is 21.7. The number of amides is 1. The van der Waals surface area contributed by atoms with Crippen LogP contribution in [0.15, 0.2) is 18.2 Å². The molecule has 1 saturated carbocycles. The summed E-state index contributed by atoms with van der Waals surface area (Å²) in [5.41, 5.74) is 1.84. The van der Waals surface area contributed by atoms with Gasteiger partial charge in [-0.3, -0.25) is 10.2 Å². The van der Waals surface area contributed by atoms with Crippen molar-refractivity contribution in [2.45, 2.75) is 64.6 Å². The van der Waals surface area contributed by atoms with E-state index < -0.39 is 0 Å². The fraction of sp³-hybridized carbons (Fsp3) is 0.545. The fourth-order valence-electron chi connectivity index (χ4n) is 3.84. The number of amidine groups is 1. The molecule has 0 saturated heterocycles. The Hall–Kier alpha value is -2.16. The second-order valence-corrected chi connectivity index (χ2v) is 8.24. The van der Waals surface area contributed by atoms with E-state index in [-0.39, 0.29) is 61.3 Å². The van der Waals surface area contributed by atoms with E-state index in [1.54, 1.807) is 7.11 Å². The molecule has 3 rings (SSSR count). The number of methoxy groups -OCH3 is 1. The predicted octanol–water partition coefficient (Wildman–Crippen LogP) is 3.86. The highest BCUT2D eigenvalue weighted by molar-refractivity contribution is 5.96. The molecule has 1 aliphatic carbocycles. The van der Waals surface area contributed by atoms with Gasteiger partial charge in [-0.1, -0.05) is 24.5 Å². The van der Waals surface area contributed by atoms with E-state index in [1.807, 2.05) is 39.0 Å². The zero-order valence-electron chi connectivity index (χ0n) is 19.0. The van der Waals surface area contributed by atoms with Crippen molar-refractivity contribution in [3.05, 3.63) is 29.6 Å². The number of aryl methyl sites for hydroxylation is 1. The van der Waals surface area contributed by atoms with Gasteiger partial charge in [0.25, 0.3) is 5.91 Å². The molecular formula is C22H34Cl2N6O2. The number of anilines is 1. The van der Waals surface area contributed by atoms with Crippen LogP contribution in [-0.4, -0.2) is 53.6 Å². The number of fused-ring (bicyclic) bond motifs is 1. The molecule has 1 heterocycles. The molecule has 1 fully saturated rings. The van der Waals surface area contributed by atoms with E-state index >= 15 is 0 Å². The first-order chi connectivity index (χ1) is 14.4. The first-order valence-corrected chi connectivity index (χ1v) is 10.6. The van der Waals surface area contributed by atoms with Crippen LogP contribution in [0.25, 0.3) is 10.9 Å². The summed E-state index contributed by atoms with van der Waals surface area (Å²) in [6.45, 7) is 6.11. The van der Waals surface area contributed by atoms with Gasteiger partial charge in [0.1, 0.15) is 18.3 Å². The number of hydrogen-bond acceptors (Lipinski definition) is 6. The van der Waals surface area contributed by atoms with Crippen molar-refractivity contribution >= 4 is 53.3 Å².